The Balaban J connectivity index is 1.66. The molecule has 3 N–H and O–H groups in total. The van der Waals surface area contributed by atoms with E-state index in [1.807, 2.05) is 0 Å². The van der Waals surface area contributed by atoms with Gasteiger partial charge in [-0.1, -0.05) is 30.3 Å². The predicted molar refractivity (Wildman–Crippen MR) is 81.4 cm³/mol. The summed E-state index contributed by atoms with van der Waals surface area (Å²) in [5.74, 6) is 0.515. The topological polar surface area (TPSA) is 58.4 Å². The lowest BCUT2D eigenvalue weighted by Crippen LogP contribution is -2.40. The van der Waals surface area contributed by atoms with Crippen LogP contribution in [-0.4, -0.2) is 43.0 Å². The van der Waals surface area contributed by atoms with E-state index in [9.17, 15) is 4.79 Å². The summed E-state index contributed by atoms with van der Waals surface area (Å²) >= 11 is 0. The summed E-state index contributed by atoms with van der Waals surface area (Å²) < 4.78 is 0. The summed E-state index contributed by atoms with van der Waals surface area (Å²) in [7, 11) is 0. The van der Waals surface area contributed by atoms with Crippen molar-refractivity contribution in [2.75, 3.05) is 26.2 Å². The summed E-state index contributed by atoms with van der Waals surface area (Å²) in [6, 6.07) is 10.2. The van der Waals surface area contributed by atoms with Crippen molar-refractivity contribution in [3.05, 3.63) is 35.9 Å². The Labute approximate surface area is 121 Å². The van der Waals surface area contributed by atoms with Gasteiger partial charge in [-0.05, 0) is 37.8 Å². The SMILES string of the molecule is CC(N)C(=O)NCC1CCN(CCc2ccccc2)C1. The van der Waals surface area contributed by atoms with Crippen LogP contribution in [0.1, 0.15) is 18.9 Å². The van der Waals surface area contributed by atoms with Crippen LogP contribution in [0.5, 0.6) is 0 Å². The van der Waals surface area contributed by atoms with E-state index in [0.717, 1.165) is 39.0 Å². The van der Waals surface area contributed by atoms with E-state index in [1.165, 1.54) is 5.56 Å². The highest BCUT2D eigenvalue weighted by atomic mass is 16.2. The second kappa shape index (κ2) is 7.41. The van der Waals surface area contributed by atoms with Gasteiger partial charge in [0.15, 0.2) is 0 Å². The van der Waals surface area contributed by atoms with Crippen molar-refractivity contribution in [2.45, 2.75) is 25.8 Å². The number of hydrogen-bond donors (Lipinski definition) is 2. The zero-order valence-corrected chi connectivity index (χ0v) is 12.2. The van der Waals surface area contributed by atoms with Crippen molar-refractivity contribution in [3.63, 3.8) is 0 Å². The number of nitrogens with zero attached hydrogens (tertiary/aromatic N) is 1. The van der Waals surface area contributed by atoms with Crippen LogP contribution in [0.4, 0.5) is 0 Å². The Morgan fingerprint density at radius 1 is 1.45 bits per heavy atom. The lowest BCUT2D eigenvalue weighted by Gasteiger charge is -2.16. The Bertz CT molecular complexity index is 419. The zero-order valence-electron chi connectivity index (χ0n) is 12.2. The first-order valence-corrected chi connectivity index (χ1v) is 7.44. The van der Waals surface area contributed by atoms with Crippen LogP contribution < -0.4 is 11.1 Å². The van der Waals surface area contributed by atoms with Gasteiger partial charge in [-0.2, -0.15) is 0 Å². The van der Waals surface area contributed by atoms with Crippen LogP contribution in [0.25, 0.3) is 0 Å². The number of carbonyl (C=O) groups excluding carboxylic acids is 1. The first kappa shape index (κ1) is 15.0. The molecule has 4 nitrogen and oxygen atoms in total. The van der Waals surface area contributed by atoms with Gasteiger partial charge in [0.25, 0.3) is 0 Å². The number of nitrogens with two attached hydrogens (primary N) is 1. The normalized spacial score (nSPS) is 20.8. The molecule has 4 heteroatoms. The van der Waals surface area contributed by atoms with Gasteiger partial charge in [-0.25, -0.2) is 0 Å². The van der Waals surface area contributed by atoms with Crippen molar-refractivity contribution >= 4 is 5.91 Å². The summed E-state index contributed by atoms with van der Waals surface area (Å²) in [5.41, 5.74) is 6.93. The number of likely N-dealkylation sites (tertiary alicyclic amines) is 1. The van der Waals surface area contributed by atoms with E-state index in [4.69, 9.17) is 5.73 Å². The molecule has 0 saturated carbocycles. The Kier molecular flexibility index (Phi) is 5.56. The molecule has 1 aromatic carbocycles. The largest absolute Gasteiger partial charge is 0.354 e. The monoisotopic (exact) mass is 275 g/mol. The van der Waals surface area contributed by atoms with Crippen LogP contribution >= 0.6 is 0 Å². The van der Waals surface area contributed by atoms with Gasteiger partial charge >= 0.3 is 0 Å². The fourth-order valence-corrected chi connectivity index (χ4v) is 2.62. The summed E-state index contributed by atoms with van der Waals surface area (Å²) in [6.07, 6.45) is 2.26. The maximum atomic E-state index is 11.4. The quantitative estimate of drug-likeness (QED) is 0.815. The molecule has 1 amide bonds. The highest BCUT2D eigenvalue weighted by molar-refractivity contribution is 5.80. The Morgan fingerprint density at radius 3 is 2.90 bits per heavy atom. The fourth-order valence-electron chi connectivity index (χ4n) is 2.62. The van der Waals surface area contributed by atoms with Gasteiger partial charge in [0.1, 0.15) is 0 Å². The third-order valence-electron chi connectivity index (χ3n) is 3.91. The van der Waals surface area contributed by atoms with E-state index in [2.05, 4.69) is 40.5 Å². The molecule has 2 unspecified atom stereocenters. The predicted octanol–water partition coefficient (Wildman–Crippen LogP) is 1.01. The van der Waals surface area contributed by atoms with Crippen LogP contribution in [0.15, 0.2) is 30.3 Å². The average Bonchev–Trinajstić information content (AvgIpc) is 2.91. The smallest absolute Gasteiger partial charge is 0.236 e. The first-order valence-electron chi connectivity index (χ1n) is 7.44. The van der Waals surface area contributed by atoms with Gasteiger partial charge in [-0.15, -0.1) is 0 Å². The molecule has 0 bridgehead atoms. The minimum absolute atomic E-state index is 0.0484. The number of benzene rings is 1. The third-order valence-corrected chi connectivity index (χ3v) is 3.91. The molecule has 1 aliphatic rings. The second-order valence-electron chi connectivity index (χ2n) is 5.72. The maximum absolute atomic E-state index is 11.4. The average molecular weight is 275 g/mol. The standard InChI is InChI=1S/C16H25N3O/c1-13(17)16(20)18-11-15-8-10-19(12-15)9-7-14-5-3-2-4-6-14/h2-6,13,15H,7-12,17H2,1H3,(H,18,20). The number of nitrogens with one attached hydrogen (secondary N) is 1. The molecule has 1 aliphatic heterocycles. The lowest BCUT2D eigenvalue weighted by atomic mass is 10.1. The van der Waals surface area contributed by atoms with Gasteiger partial charge in [0, 0.05) is 19.6 Å². The molecule has 2 atom stereocenters. The van der Waals surface area contributed by atoms with E-state index in [0.29, 0.717) is 5.92 Å². The first-order chi connectivity index (χ1) is 9.65. The molecule has 1 heterocycles. The van der Waals surface area contributed by atoms with Crippen molar-refractivity contribution in [2.24, 2.45) is 11.7 Å². The van der Waals surface area contributed by atoms with E-state index >= 15 is 0 Å². The third kappa shape index (κ3) is 4.62. The van der Waals surface area contributed by atoms with Crippen LogP contribution in [0.3, 0.4) is 0 Å². The van der Waals surface area contributed by atoms with Gasteiger partial charge in [-0.3, -0.25) is 4.79 Å². The molecule has 20 heavy (non-hydrogen) atoms. The van der Waals surface area contributed by atoms with Gasteiger partial charge in [0.05, 0.1) is 6.04 Å². The maximum Gasteiger partial charge on any atom is 0.236 e. The van der Waals surface area contributed by atoms with Crippen LogP contribution in [0.2, 0.25) is 0 Å². The second-order valence-corrected chi connectivity index (χ2v) is 5.72. The fraction of sp³-hybridized carbons (Fsp3) is 0.562. The lowest BCUT2D eigenvalue weighted by molar-refractivity contribution is -0.122. The molecule has 110 valence electrons. The molecular weight excluding hydrogens is 250 g/mol. The Hall–Kier alpha value is -1.39. The molecule has 0 spiro atoms. The molecule has 1 fully saturated rings. The minimum Gasteiger partial charge on any atom is -0.354 e. The van der Waals surface area contributed by atoms with Gasteiger partial charge < -0.3 is 16.0 Å². The molecule has 0 aliphatic carbocycles. The highest BCUT2D eigenvalue weighted by Gasteiger charge is 2.22. The number of amides is 1. The van der Waals surface area contributed by atoms with E-state index < -0.39 is 6.04 Å². The number of hydrogen-bond acceptors (Lipinski definition) is 3. The Morgan fingerprint density at radius 2 is 2.20 bits per heavy atom. The van der Waals surface area contributed by atoms with Crippen LogP contribution in [0, 0.1) is 5.92 Å². The molecule has 2 rings (SSSR count). The molecule has 1 saturated heterocycles. The van der Waals surface area contributed by atoms with E-state index in [1.54, 1.807) is 6.92 Å². The van der Waals surface area contributed by atoms with E-state index in [-0.39, 0.29) is 5.91 Å². The highest BCUT2D eigenvalue weighted by Crippen LogP contribution is 2.15. The molecule has 1 aromatic rings. The zero-order chi connectivity index (χ0) is 14.4. The summed E-state index contributed by atoms with van der Waals surface area (Å²) in [5, 5.41) is 2.93. The number of rotatable bonds is 6. The number of carbonyl (C=O) groups is 1. The van der Waals surface area contributed by atoms with Crippen molar-refractivity contribution in [1.29, 1.82) is 0 Å². The van der Waals surface area contributed by atoms with Gasteiger partial charge in [0.2, 0.25) is 5.91 Å². The van der Waals surface area contributed by atoms with Crippen LogP contribution in [-0.2, 0) is 11.2 Å². The minimum atomic E-state index is -0.411. The van der Waals surface area contributed by atoms with Crippen molar-refractivity contribution in [1.82, 2.24) is 10.2 Å². The summed E-state index contributed by atoms with van der Waals surface area (Å²) in [4.78, 5) is 13.9. The molecule has 0 aromatic heterocycles. The molecule has 0 radical (unpaired) electrons. The molecular formula is C16H25N3O. The van der Waals surface area contributed by atoms with Crippen molar-refractivity contribution in [3.8, 4) is 0 Å². The van der Waals surface area contributed by atoms with Crippen molar-refractivity contribution < 1.29 is 4.79 Å². The summed E-state index contributed by atoms with van der Waals surface area (Å²) in [6.45, 7) is 5.78.